The van der Waals surface area contributed by atoms with Crippen molar-refractivity contribution in [3.05, 3.63) is 46.6 Å². The molecule has 5 rings (SSSR count). The van der Waals surface area contributed by atoms with Crippen LogP contribution < -0.4 is 9.64 Å². The van der Waals surface area contributed by atoms with E-state index in [-0.39, 0.29) is 17.9 Å². The number of aryl methyl sites for hydroxylation is 2. The number of fused-ring (bicyclic) bond motifs is 1. The maximum Gasteiger partial charge on any atom is 0.226 e. The summed E-state index contributed by atoms with van der Waals surface area (Å²) in [7, 11) is 1.67. The first-order chi connectivity index (χ1) is 17.0. The molecule has 0 aliphatic carbocycles. The van der Waals surface area contributed by atoms with E-state index in [1.807, 2.05) is 23.1 Å². The number of methoxy groups -OCH3 is 1. The van der Waals surface area contributed by atoms with Crippen LogP contribution in [0.15, 0.2) is 30.6 Å². The first-order valence-electron chi connectivity index (χ1n) is 12.5. The van der Waals surface area contributed by atoms with Crippen molar-refractivity contribution in [2.75, 3.05) is 38.3 Å². The second kappa shape index (κ2) is 10.5. The van der Waals surface area contributed by atoms with E-state index in [1.54, 1.807) is 24.8 Å². The van der Waals surface area contributed by atoms with Gasteiger partial charge in [-0.25, -0.2) is 9.97 Å². The average molecular weight is 495 g/mol. The average Bonchev–Trinajstić information content (AvgIpc) is 3.51. The number of amides is 1. The van der Waals surface area contributed by atoms with E-state index in [0.29, 0.717) is 13.1 Å². The Labute approximate surface area is 211 Å². The molecule has 8 heteroatoms. The summed E-state index contributed by atoms with van der Waals surface area (Å²) < 4.78 is 11.3. The Balaban J connectivity index is 1.30. The van der Waals surface area contributed by atoms with Gasteiger partial charge in [-0.3, -0.25) is 4.79 Å². The van der Waals surface area contributed by atoms with E-state index in [1.165, 1.54) is 10.4 Å². The number of piperidine rings is 1. The van der Waals surface area contributed by atoms with Gasteiger partial charge < -0.3 is 19.3 Å². The molecule has 1 amide bonds. The molecule has 35 heavy (non-hydrogen) atoms. The Morgan fingerprint density at radius 1 is 1.23 bits per heavy atom. The van der Waals surface area contributed by atoms with Crippen LogP contribution in [-0.4, -0.2) is 60.2 Å². The second-order valence-electron chi connectivity index (χ2n) is 9.63. The van der Waals surface area contributed by atoms with E-state index in [9.17, 15) is 4.79 Å². The van der Waals surface area contributed by atoms with E-state index >= 15 is 0 Å². The molecule has 4 heterocycles. The molecule has 0 spiro atoms. The fourth-order valence-electron chi connectivity index (χ4n) is 5.26. The molecule has 0 radical (unpaired) electrons. The van der Waals surface area contributed by atoms with Crippen molar-refractivity contribution in [3.8, 4) is 5.75 Å². The summed E-state index contributed by atoms with van der Waals surface area (Å²) >= 11 is 1.73. The van der Waals surface area contributed by atoms with Crippen molar-refractivity contribution in [1.29, 1.82) is 0 Å². The number of anilines is 1. The van der Waals surface area contributed by atoms with Crippen molar-refractivity contribution >= 4 is 33.3 Å². The van der Waals surface area contributed by atoms with Gasteiger partial charge in [0.1, 0.15) is 22.7 Å². The molecular formula is C27H34N4O3S. The quantitative estimate of drug-likeness (QED) is 0.473. The lowest BCUT2D eigenvalue weighted by Gasteiger charge is -2.35. The third kappa shape index (κ3) is 5.14. The van der Waals surface area contributed by atoms with Crippen molar-refractivity contribution in [2.24, 2.45) is 5.92 Å². The number of carbonyl (C=O) groups is 1. The lowest BCUT2D eigenvalue weighted by atomic mass is 9.94. The maximum absolute atomic E-state index is 13.8. The number of nitrogens with zero attached hydrogens (tertiary/aromatic N) is 4. The molecule has 2 saturated heterocycles. The second-order valence-corrected chi connectivity index (χ2v) is 10.8. The fraction of sp³-hybridized carbons (Fsp3) is 0.519. The minimum absolute atomic E-state index is 0.0147. The Kier molecular flexibility index (Phi) is 7.20. The summed E-state index contributed by atoms with van der Waals surface area (Å²) in [5.41, 5.74) is 2.35. The molecule has 2 aliphatic rings. The van der Waals surface area contributed by atoms with Crippen molar-refractivity contribution in [1.82, 2.24) is 14.9 Å². The molecule has 3 aromatic rings. The zero-order chi connectivity index (χ0) is 24.4. The lowest BCUT2D eigenvalue weighted by molar-refractivity contribution is -0.138. The van der Waals surface area contributed by atoms with Crippen LogP contribution in [0.3, 0.4) is 0 Å². The summed E-state index contributed by atoms with van der Waals surface area (Å²) in [6.45, 7) is 7.96. The molecule has 0 saturated carbocycles. The van der Waals surface area contributed by atoms with Crippen LogP contribution in [0.25, 0.3) is 10.2 Å². The van der Waals surface area contributed by atoms with Gasteiger partial charge in [-0.15, -0.1) is 11.3 Å². The Bertz CT molecular complexity index is 1180. The van der Waals surface area contributed by atoms with Gasteiger partial charge in [0, 0.05) is 43.6 Å². The fourth-order valence-corrected chi connectivity index (χ4v) is 6.25. The van der Waals surface area contributed by atoms with Crippen LogP contribution >= 0.6 is 11.3 Å². The van der Waals surface area contributed by atoms with Crippen molar-refractivity contribution in [2.45, 2.75) is 52.2 Å². The molecule has 1 atom stereocenters. The van der Waals surface area contributed by atoms with Crippen LogP contribution in [0.1, 0.15) is 41.7 Å². The highest BCUT2D eigenvalue weighted by Crippen LogP contribution is 2.36. The number of rotatable bonds is 7. The molecule has 2 aliphatic heterocycles. The molecule has 1 unspecified atom stereocenters. The minimum Gasteiger partial charge on any atom is -0.497 e. The largest absolute Gasteiger partial charge is 0.497 e. The number of thiophene rings is 1. The van der Waals surface area contributed by atoms with E-state index in [4.69, 9.17) is 9.47 Å². The number of aromatic nitrogens is 2. The summed E-state index contributed by atoms with van der Waals surface area (Å²) in [6, 6.07) is 8.00. The van der Waals surface area contributed by atoms with Gasteiger partial charge in [0.2, 0.25) is 5.91 Å². The normalized spacial score (nSPS) is 18.8. The van der Waals surface area contributed by atoms with Gasteiger partial charge in [0.05, 0.1) is 18.6 Å². The predicted octanol–water partition coefficient (Wildman–Crippen LogP) is 4.74. The summed E-state index contributed by atoms with van der Waals surface area (Å²) in [5, 5.41) is 1.16. The lowest BCUT2D eigenvalue weighted by Crippen LogP contribution is -2.45. The number of carbonyl (C=O) groups excluding carboxylic acids is 1. The number of hydrogen-bond acceptors (Lipinski definition) is 7. The summed E-state index contributed by atoms with van der Waals surface area (Å²) in [5.74, 6) is 2.07. The first kappa shape index (κ1) is 24.0. The van der Waals surface area contributed by atoms with Gasteiger partial charge >= 0.3 is 0 Å². The maximum atomic E-state index is 13.8. The molecule has 7 nitrogen and oxygen atoms in total. The van der Waals surface area contributed by atoms with Gasteiger partial charge in [0.25, 0.3) is 0 Å². The van der Waals surface area contributed by atoms with Gasteiger partial charge in [-0.2, -0.15) is 0 Å². The monoisotopic (exact) mass is 494 g/mol. The molecule has 1 aromatic carbocycles. The van der Waals surface area contributed by atoms with Crippen LogP contribution in [0.2, 0.25) is 0 Å². The van der Waals surface area contributed by atoms with E-state index in [0.717, 1.165) is 72.7 Å². The third-order valence-corrected chi connectivity index (χ3v) is 8.47. The zero-order valence-electron chi connectivity index (χ0n) is 20.8. The number of ether oxygens (including phenoxy) is 2. The van der Waals surface area contributed by atoms with Crippen LogP contribution in [-0.2, 0) is 16.1 Å². The third-order valence-electron chi connectivity index (χ3n) is 7.36. The molecule has 186 valence electrons. The first-order valence-corrected chi connectivity index (χ1v) is 13.3. The molecular weight excluding hydrogens is 460 g/mol. The molecule has 0 N–H and O–H groups in total. The Morgan fingerprint density at radius 3 is 2.80 bits per heavy atom. The predicted molar refractivity (Wildman–Crippen MR) is 139 cm³/mol. The van der Waals surface area contributed by atoms with Crippen LogP contribution in [0.4, 0.5) is 5.82 Å². The molecule has 2 aromatic heterocycles. The Hall–Kier alpha value is -2.71. The highest BCUT2D eigenvalue weighted by Gasteiger charge is 2.32. The van der Waals surface area contributed by atoms with Crippen LogP contribution in [0, 0.1) is 19.8 Å². The highest BCUT2D eigenvalue weighted by atomic mass is 32.1. The highest BCUT2D eigenvalue weighted by molar-refractivity contribution is 7.18. The summed E-state index contributed by atoms with van der Waals surface area (Å²) in [6.07, 6.45) is 5.53. The van der Waals surface area contributed by atoms with Gasteiger partial charge in [-0.1, -0.05) is 12.1 Å². The summed E-state index contributed by atoms with van der Waals surface area (Å²) in [4.78, 5) is 29.6. The van der Waals surface area contributed by atoms with Gasteiger partial charge in [0.15, 0.2) is 0 Å². The van der Waals surface area contributed by atoms with Crippen molar-refractivity contribution in [3.63, 3.8) is 0 Å². The zero-order valence-corrected chi connectivity index (χ0v) is 21.6. The SMILES string of the molecule is COc1cccc(CN(CC2CCCO2)C(=O)C2CCN(c3ncnc4sc(C)c(C)c34)CC2)c1. The Morgan fingerprint density at radius 2 is 2.06 bits per heavy atom. The van der Waals surface area contributed by atoms with Crippen LogP contribution in [0.5, 0.6) is 5.75 Å². The number of benzene rings is 1. The van der Waals surface area contributed by atoms with E-state index in [2.05, 4.69) is 34.8 Å². The molecule has 2 fully saturated rings. The topological polar surface area (TPSA) is 67.8 Å². The van der Waals surface area contributed by atoms with Crippen molar-refractivity contribution < 1.29 is 14.3 Å². The van der Waals surface area contributed by atoms with E-state index < -0.39 is 0 Å². The molecule has 0 bridgehead atoms. The van der Waals surface area contributed by atoms with Gasteiger partial charge in [-0.05, 0) is 62.8 Å². The smallest absolute Gasteiger partial charge is 0.226 e. The number of hydrogen-bond donors (Lipinski definition) is 0. The standard InChI is InChI=1S/C27H34N4O3S/c1-18-19(2)35-26-24(18)25(28-17-29-26)30-11-9-21(10-12-30)27(32)31(16-23-8-5-13-34-23)15-20-6-4-7-22(14-20)33-3/h4,6-7,14,17,21,23H,5,8-13,15-16H2,1-3H3. The minimum atomic E-state index is 0.0147.